The molecule has 0 aliphatic carbocycles. The highest BCUT2D eigenvalue weighted by Crippen LogP contribution is 1.86. The number of hydrogen-bond donors (Lipinski definition) is 3. The molecule has 10 heavy (non-hydrogen) atoms. The standard InChI is InChI=1S/C5H11NO4/c1-3(7)10-2-4(6)5(8)9/h3-4,7H,2,6H2,1H3,(H,8,9)/t3?,4-/m1/s1. The lowest BCUT2D eigenvalue weighted by atomic mass is 10.3. The van der Waals surface area contributed by atoms with Gasteiger partial charge in [-0.3, -0.25) is 4.79 Å². The molecule has 60 valence electrons. The fourth-order valence-electron chi connectivity index (χ4n) is 0.314. The van der Waals surface area contributed by atoms with Gasteiger partial charge in [0.2, 0.25) is 0 Å². The quantitative estimate of drug-likeness (QED) is 0.434. The summed E-state index contributed by atoms with van der Waals surface area (Å²) in [4.78, 5) is 10.0. The summed E-state index contributed by atoms with van der Waals surface area (Å²) < 4.78 is 4.51. The van der Waals surface area contributed by atoms with E-state index in [9.17, 15) is 4.79 Å². The van der Waals surface area contributed by atoms with Gasteiger partial charge in [0.15, 0.2) is 6.29 Å². The molecule has 0 aliphatic rings. The van der Waals surface area contributed by atoms with Crippen LogP contribution in [0.4, 0.5) is 0 Å². The maximum atomic E-state index is 10.0. The molecule has 0 fully saturated rings. The molecule has 0 amide bonds. The SMILES string of the molecule is CC(O)OC[C@@H](N)C(=O)O. The van der Waals surface area contributed by atoms with Crippen molar-refractivity contribution in [3.8, 4) is 0 Å². The zero-order valence-electron chi connectivity index (χ0n) is 5.65. The Morgan fingerprint density at radius 3 is 2.60 bits per heavy atom. The molecule has 2 atom stereocenters. The first-order valence-corrected chi connectivity index (χ1v) is 2.82. The second-order valence-electron chi connectivity index (χ2n) is 1.88. The van der Waals surface area contributed by atoms with Gasteiger partial charge in [0.25, 0.3) is 0 Å². The highest BCUT2D eigenvalue weighted by atomic mass is 16.6. The van der Waals surface area contributed by atoms with Gasteiger partial charge in [-0.2, -0.15) is 0 Å². The van der Waals surface area contributed by atoms with Crippen LogP contribution in [-0.2, 0) is 9.53 Å². The van der Waals surface area contributed by atoms with Gasteiger partial charge in [-0.25, -0.2) is 0 Å². The van der Waals surface area contributed by atoms with Crippen molar-refractivity contribution in [1.82, 2.24) is 0 Å². The molecule has 1 unspecified atom stereocenters. The number of hydrogen-bond acceptors (Lipinski definition) is 4. The third kappa shape index (κ3) is 4.25. The number of aliphatic hydroxyl groups excluding tert-OH is 1. The van der Waals surface area contributed by atoms with E-state index in [1.165, 1.54) is 6.92 Å². The van der Waals surface area contributed by atoms with E-state index in [0.717, 1.165) is 0 Å². The minimum Gasteiger partial charge on any atom is -0.480 e. The summed E-state index contributed by atoms with van der Waals surface area (Å²) in [7, 11) is 0. The molecule has 0 bridgehead atoms. The number of ether oxygens (including phenoxy) is 1. The van der Waals surface area contributed by atoms with Crippen molar-refractivity contribution in [2.75, 3.05) is 6.61 Å². The zero-order valence-corrected chi connectivity index (χ0v) is 5.65. The molecule has 0 aliphatic heterocycles. The van der Waals surface area contributed by atoms with Gasteiger partial charge in [-0.05, 0) is 6.92 Å². The lowest BCUT2D eigenvalue weighted by molar-refractivity contribution is -0.143. The van der Waals surface area contributed by atoms with E-state index in [1.54, 1.807) is 0 Å². The molecule has 0 spiro atoms. The van der Waals surface area contributed by atoms with Crippen LogP contribution in [0.15, 0.2) is 0 Å². The molecule has 0 saturated carbocycles. The monoisotopic (exact) mass is 149 g/mol. The molecule has 0 aromatic rings. The maximum Gasteiger partial charge on any atom is 0.322 e. The zero-order chi connectivity index (χ0) is 8.15. The molecule has 0 radical (unpaired) electrons. The van der Waals surface area contributed by atoms with E-state index in [2.05, 4.69) is 4.74 Å². The molecule has 5 heteroatoms. The Kier molecular flexibility index (Phi) is 3.94. The first-order valence-electron chi connectivity index (χ1n) is 2.82. The Morgan fingerprint density at radius 2 is 2.30 bits per heavy atom. The third-order valence-electron chi connectivity index (χ3n) is 0.834. The van der Waals surface area contributed by atoms with E-state index in [1.807, 2.05) is 0 Å². The van der Waals surface area contributed by atoms with Crippen LogP contribution in [0.25, 0.3) is 0 Å². The second-order valence-corrected chi connectivity index (χ2v) is 1.88. The number of nitrogens with two attached hydrogens (primary N) is 1. The van der Waals surface area contributed by atoms with Gasteiger partial charge in [-0.1, -0.05) is 0 Å². The van der Waals surface area contributed by atoms with E-state index in [-0.39, 0.29) is 6.61 Å². The van der Waals surface area contributed by atoms with E-state index in [4.69, 9.17) is 15.9 Å². The lowest BCUT2D eigenvalue weighted by Gasteiger charge is -2.08. The summed E-state index contributed by atoms with van der Waals surface area (Å²) in [5.74, 6) is -1.14. The van der Waals surface area contributed by atoms with Gasteiger partial charge < -0.3 is 20.7 Å². The first kappa shape index (κ1) is 9.35. The van der Waals surface area contributed by atoms with E-state index in [0.29, 0.717) is 0 Å². The van der Waals surface area contributed by atoms with Gasteiger partial charge in [0.05, 0.1) is 6.61 Å². The van der Waals surface area contributed by atoms with Crippen molar-refractivity contribution in [2.24, 2.45) is 5.73 Å². The van der Waals surface area contributed by atoms with Crippen LogP contribution in [0.5, 0.6) is 0 Å². The normalized spacial score (nSPS) is 16.3. The Balaban J connectivity index is 3.40. The van der Waals surface area contributed by atoms with Crippen LogP contribution in [0, 0.1) is 0 Å². The number of rotatable bonds is 4. The fourth-order valence-corrected chi connectivity index (χ4v) is 0.314. The minimum absolute atomic E-state index is 0.174. The van der Waals surface area contributed by atoms with Crippen LogP contribution in [0.1, 0.15) is 6.92 Å². The largest absolute Gasteiger partial charge is 0.480 e. The molecule has 0 saturated heterocycles. The summed E-state index contributed by atoms with van der Waals surface area (Å²) in [5.41, 5.74) is 5.03. The number of carboxylic acids is 1. The first-order chi connectivity index (χ1) is 4.54. The highest BCUT2D eigenvalue weighted by molar-refractivity contribution is 5.73. The molecule has 4 N–H and O–H groups in total. The van der Waals surface area contributed by atoms with Gasteiger partial charge in [0, 0.05) is 0 Å². The molecular weight excluding hydrogens is 138 g/mol. The van der Waals surface area contributed by atoms with E-state index >= 15 is 0 Å². The topological polar surface area (TPSA) is 92.8 Å². The fraction of sp³-hybridized carbons (Fsp3) is 0.800. The predicted octanol–water partition coefficient (Wildman–Crippen LogP) is -1.25. The number of aliphatic hydroxyl groups is 1. The van der Waals surface area contributed by atoms with Crippen molar-refractivity contribution >= 4 is 5.97 Å². The van der Waals surface area contributed by atoms with Crippen molar-refractivity contribution in [3.05, 3.63) is 0 Å². The predicted molar refractivity (Wildman–Crippen MR) is 33.2 cm³/mol. The van der Waals surface area contributed by atoms with Crippen LogP contribution in [-0.4, -0.2) is 35.1 Å². The smallest absolute Gasteiger partial charge is 0.322 e. The van der Waals surface area contributed by atoms with E-state index < -0.39 is 18.3 Å². The number of carboxylic acid groups (broad SMARTS) is 1. The average molecular weight is 149 g/mol. The van der Waals surface area contributed by atoms with Crippen molar-refractivity contribution in [1.29, 1.82) is 0 Å². The Morgan fingerprint density at radius 1 is 1.80 bits per heavy atom. The van der Waals surface area contributed by atoms with Gasteiger partial charge in [0.1, 0.15) is 6.04 Å². The summed E-state index contributed by atoms with van der Waals surface area (Å²) >= 11 is 0. The van der Waals surface area contributed by atoms with Gasteiger partial charge in [-0.15, -0.1) is 0 Å². The van der Waals surface area contributed by atoms with Crippen molar-refractivity contribution in [3.63, 3.8) is 0 Å². The summed E-state index contributed by atoms with van der Waals surface area (Å²) in [6.45, 7) is 1.21. The minimum atomic E-state index is -1.14. The molecule has 0 aromatic heterocycles. The Hall–Kier alpha value is -0.650. The van der Waals surface area contributed by atoms with Crippen LogP contribution >= 0.6 is 0 Å². The summed E-state index contributed by atoms with van der Waals surface area (Å²) in [6, 6.07) is -1.06. The summed E-state index contributed by atoms with van der Waals surface area (Å²) in [5, 5.41) is 16.7. The molecule has 0 heterocycles. The number of carbonyl (C=O) groups is 1. The number of aliphatic carboxylic acids is 1. The lowest BCUT2D eigenvalue weighted by Crippen LogP contribution is -2.36. The second kappa shape index (κ2) is 4.21. The molecule has 5 nitrogen and oxygen atoms in total. The van der Waals surface area contributed by atoms with Crippen LogP contribution in [0.3, 0.4) is 0 Å². The Bertz CT molecular complexity index is 114. The highest BCUT2D eigenvalue weighted by Gasteiger charge is 2.11. The molecular formula is C5H11NO4. The van der Waals surface area contributed by atoms with Crippen molar-refractivity contribution < 1.29 is 19.7 Å². The maximum absolute atomic E-state index is 10.0. The van der Waals surface area contributed by atoms with Gasteiger partial charge >= 0.3 is 5.97 Å². The third-order valence-corrected chi connectivity index (χ3v) is 0.834. The average Bonchev–Trinajstić information content (AvgIpc) is 1.82. The Labute approximate surface area is 58.4 Å². The molecule has 0 aromatic carbocycles. The van der Waals surface area contributed by atoms with Crippen LogP contribution < -0.4 is 5.73 Å². The summed E-state index contributed by atoms with van der Waals surface area (Å²) in [6.07, 6.45) is -0.967. The van der Waals surface area contributed by atoms with Crippen molar-refractivity contribution in [2.45, 2.75) is 19.3 Å². The van der Waals surface area contributed by atoms with Crippen LogP contribution in [0.2, 0.25) is 0 Å². The molecule has 0 rings (SSSR count).